The Kier molecular flexibility index (Phi) is 7.97. The Hall–Kier alpha value is -1.76. The SMILES string of the molecule is COc1cc(SS(=O)(=O)[O-])ccc1N=NC1C(=O)N(c2ccccc2)N=C1C.[Na+]. The van der Waals surface area contributed by atoms with Gasteiger partial charge in [0.25, 0.3) is 5.91 Å². The van der Waals surface area contributed by atoms with Crippen LogP contribution in [-0.2, 0) is 13.9 Å². The number of amides is 1. The van der Waals surface area contributed by atoms with Crippen molar-refractivity contribution in [2.75, 3.05) is 12.1 Å². The van der Waals surface area contributed by atoms with Gasteiger partial charge in [-0.1, -0.05) is 18.2 Å². The quantitative estimate of drug-likeness (QED) is 0.271. The number of hydrogen-bond donors (Lipinski definition) is 0. The molecule has 0 N–H and O–H groups in total. The zero-order valence-corrected chi connectivity index (χ0v) is 19.5. The van der Waals surface area contributed by atoms with Crippen molar-refractivity contribution in [2.24, 2.45) is 15.3 Å². The predicted octanol–water partition coefficient (Wildman–Crippen LogP) is 0.126. The molecule has 1 unspecified atom stereocenters. The van der Waals surface area contributed by atoms with Crippen LogP contribution >= 0.6 is 10.8 Å². The van der Waals surface area contributed by atoms with Crippen LogP contribution in [0.4, 0.5) is 11.4 Å². The molecule has 29 heavy (non-hydrogen) atoms. The van der Waals surface area contributed by atoms with Crippen LogP contribution in [0.3, 0.4) is 0 Å². The van der Waals surface area contributed by atoms with E-state index in [-0.39, 0.29) is 62.6 Å². The second kappa shape index (κ2) is 9.83. The third kappa shape index (κ3) is 5.87. The van der Waals surface area contributed by atoms with Crippen LogP contribution in [0, 0.1) is 0 Å². The van der Waals surface area contributed by atoms with Gasteiger partial charge >= 0.3 is 29.6 Å². The van der Waals surface area contributed by atoms with Gasteiger partial charge in [0.1, 0.15) is 11.4 Å². The minimum absolute atomic E-state index is 0. The molecule has 3 rings (SSSR count). The van der Waals surface area contributed by atoms with Gasteiger partial charge in [0, 0.05) is 4.90 Å². The van der Waals surface area contributed by atoms with Gasteiger partial charge in [0.2, 0.25) is 0 Å². The fourth-order valence-corrected chi connectivity index (χ4v) is 4.01. The Labute approximate surface area is 193 Å². The topological polar surface area (TPSA) is 124 Å². The van der Waals surface area contributed by atoms with Crippen molar-refractivity contribution in [3.8, 4) is 5.75 Å². The zero-order chi connectivity index (χ0) is 20.3. The molecular weight excluding hydrogens is 427 g/mol. The van der Waals surface area contributed by atoms with Crippen molar-refractivity contribution in [1.29, 1.82) is 0 Å². The van der Waals surface area contributed by atoms with Gasteiger partial charge < -0.3 is 9.29 Å². The van der Waals surface area contributed by atoms with E-state index in [1.165, 1.54) is 30.3 Å². The molecule has 1 aliphatic rings. The molecular formula is C17H15N4NaO5S2. The largest absolute Gasteiger partial charge is 1.00 e. The number of nitrogens with zero attached hydrogens (tertiary/aromatic N) is 4. The molecule has 0 saturated heterocycles. The number of carbonyl (C=O) groups is 1. The summed E-state index contributed by atoms with van der Waals surface area (Å²) < 4.78 is 37.8. The van der Waals surface area contributed by atoms with E-state index in [0.29, 0.717) is 11.4 Å². The van der Waals surface area contributed by atoms with Gasteiger partial charge in [0.05, 0.1) is 18.5 Å². The van der Waals surface area contributed by atoms with E-state index in [1.807, 2.05) is 6.07 Å². The average molecular weight is 442 g/mol. The van der Waals surface area contributed by atoms with Gasteiger partial charge in [-0.15, -0.1) is 0 Å². The first-order valence-electron chi connectivity index (χ1n) is 7.97. The average Bonchev–Trinajstić information content (AvgIpc) is 2.94. The fraction of sp³-hybridized carbons (Fsp3) is 0.176. The van der Waals surface area contributed by atoms with Crippen LogP contribution in [0.5, 0.6) is 5.75 Å². The Balaban J connectivity index is 0.00000300. The molecule has 146 valence electrons. The maximum Gasteiger partial charge on any atom is 1.00 e. The Morgan fingerprint density at radius 3 is 2.52 bits per heavy atom. The van der Waals surface area contributed by atoms with E-state index in [1.54, 1.807) is 31.2 Å². The number of azo groups is 1. The van der Waals surface area contributed by atoms with E-state index >= 15 is 0 Å². The van der Waals surface area contributed by atoms with Crippen molar-refractivity contribution < 1.29 is 52.1 Å². The normalized spacial score (nSPS) is 16.7. The number of para-hydroxylation sites is 1. The summed E-state index contributed by atoms with van der Waals surface area (Å²) in [4.78, 5) is 12.8. The van der Waals surface area contributed by atoms with E-state index < -0.39 is 15.2 Å². The molecule has 0 radical (unpaired) electrons. The molecule has 0 bridgehead atoms. The van der Waals surface area contributed by atoms with E-state index in [2.05, 4.69) is 15.3 Å². The number of methoxy groups -OCH3 is 1. The maximum atomic E-state index is 12.6. The van der Waals surface area contributed by atoms with E-state index in [9.17, 15) is 17.8 Å². The summed E-state index contributed by atoms with van der Waals surface area (Å²) in [6, 6.07) is 12.3. The smallest absolute Gasteiger partial charge is 0.739 e. The van der Waals surface area contributed by atoms with Gasteiger partial charge in [-0.3, -0.25) is 4.79 Å². The molecule has 1 amide bonds. The van der Waals surface area contributed by atoms with Crippen LogP contribution in [0.15, 0.2) is 68.8 Å². The summed E-state index contributed by atoms with van der Waals surface area (Å²) in [6.07, 6.45) is 0. The molecule has 0 aromatic heterocycles. The number of hydrogen-bond acceptors (Lipinski definition) is 9. The molecule has 1 heterocycles. The maximum absolute atomic E-state index is 12.6. The van der Waals surface area contributed by atoms with Crippen LogP contribution in [0.25, 0.3) is 0 Å². The van der Waals surface area contributed by atoms with Gasteiger partial charge in [-0.05, 0) is 48.0 Å². The van der Waals surface area contributed by atoms with Gasteiger partial charge in [-0.2, -0.15) is 20.3 Å². The molecule has 12 heteroatoms. The Morgan fingerprint density at radius 2 is 1.90 bits per heavy atom. The molecule has 0 aliphatic carbocycles. The number of ether oxygens (including phenoxy) is 1. The summed E-state index contributed by atoms with van der Waals surface area (Å²) in [5.41, 5.74) is 1.40. The molecule has 2 aromatic carbocycles. The molecule has 2 aromatic rings. The number of rotatable bonds is 6. The van der Waals surface area contributed by atoms with Crippen molar-refractivity contribution in [3.05, 3.63) is 48.5 Å². The molecule has 0 fully saturated rings. The molecule has 0 saturated carbocycles. The number of benzene rings is 2. The monoisotopic (exact) mass is 442 g/mol. The summed E-state index contributed by atoms with van der Waals surface area (Å²) in [6.45, 7) is 1.68. The number of anilines is 1. The molecule has 9 nitrogen and oxygen atoms in total. The predicted molar refractivity (Wildman–Crippen MR) is 104 cm³/mol. The second-order valence-electron chi connectivity index (χ2n) is 5.67. The molecule has 1 atom stereocenters. The first-order chi connectivity index (χ1) is 13.3. The van der Waals surface area contributed by atoms with E-state index in [0.717, 1.165) is 0 Å². The van der Waals surface area contributed by atoms with Gasteiger partial charge in [-0.25, -0.2) is 8.42 Å². The zero-order valence-electron chi connectivity index (χ0n) is 15.8. The minimum atomic E-state index is -4.50. The number of hydrazone groups is 1. The Bertz CT molecular complexity index is 1060. The van der Waals surface area contributed by atoms with Gasteiger partial charge in [0.15, 0.2) is 15.2 Å². The third-order valence-corrected chi connectivity index (χ3v) is 5.57. The van der Waals surface area contributed by atoms with Crippen LogP contribution < -0.4 is 39.3 Å². The van der Waals surface area contributed by atoms with Crippen molar-refractivity contribution in [2.45, 2.75) is 17.9 Å². The van der Waals surface area contributed by atoms with Crippen LogP contribution in [-0.4, -0.2) is 37.7 Å². The fourth-order valence-electron chi connectivity index (χ4n) is 2.47. The summed E-state index contributed by atoms with van der Waals surface area (Å²) in [7, 11) is -2.96. The first-order valence-corrected chi connectivity index (χ1v) is 10.7. The standard InChI is InChI=1S/C17H16N4O5S2.Na/c1-11-16(17(22)21(20-11)12-6-4-3-5-7-12)19-18-14-9-8-13(10-15(14)26-2)27-28(23,24)25;/h3-10,16H,1-2H3,(H,23,24,25);/q;+1/p-1. The third-order valence-electron chi connectivity index (χ3n) is 3.73. The second-order valence-corrected chi connectivity index (χ2v) is 8.85. The van der Waals surface area contributed by atoms with Crippen LogP contribution in [0.2, 0.25) is 0 Å². The minimum Gasteiger partial charge on any atom is -0.739 e. The molecule has 0 spiro atoms. The number of carbonyl (C=O) groups excluding carboxylic acids is 1. The van der Waals surface area contributed by atoms with Crippen molar-refractivity contribution in [3.63, 3.8) is 0 Å². The van der Waals surface area contributed by atoms with Crippen molar-refractivity contribution in [1.82, 2.24) is 0 Å². The van der Waals surface area contributed by atoms with Crippen LogP contribution in [0.1, 0.15) is 6.92 Å². The summed E-state index contributed by atoms with van der Waals surface area (Å²) >= 11 is 0. The Morgan fingerprint density at radius 1 is 1.21 bits per heavy atom. The van der Waals surface area contributed by atoms with Crippen molar-refractivity contribution >= 4 is 42.9 Å². The first kappa shape index (κ1) is 23.5. The molecule has 1 aliphatic heterocycles. The summed E-state index contributed by atoms with van der Waals surface area (Å²) in [5, 5.41) is 13.7. The summed E-state index contributed by atoms with van der Waals surface area (Å²) in [5.74, 6) is -0.117. The van der Waals surface area contributed by atoms with E-state index in [4.69, 9.17) is 4.74 Å².